The number of hydrogen-bond acceptors (Lipinski definition) is 1. The Bertz CT molecular complexity index is 541. The van der Waals surface area contributed by atoms with Crippen molar-refractivity contribution in [3.8, 4) is 5.75 Å². The molecule has 0 spiro atoms. The number of allylic oxidation sites excluding steroid dienone is 1. The fourth-order valence-corrected chi connectivity index (χ4v) is 2.07. The summed E-state index contributed by atoms with van der Waals surface area (Å²) in [6, 6.07) is 16.5. The maximum atomic E-state index is 5.79. The lowest BCUT2D eigenvalue weighted by Gasteiger charge is -2.08. The van der Waals surface area contributed by atoms with Gasteiger partial charge in [-0.25, -0.2) is 0 Å². The zero-order valence-corrected chi connectivity index (χ0v) is 9.60. The molecule has 1 aliphatic rings. The van der Waals surface area contributed by atoms with Gasteiger partial charge in [0.2, 0.25) is 0 Å². The standard InChI is InChI=1S/C16H14O/c1-2-5-13(6-3-1)12-17-16-10-9-14-7-4-8-15(14)11-16/h1-7,9-11H,8,12H2. The Morgan fingerprint density at radius 1 is 1.00 bits per heavy atom. The van der Waals surface area contributed by atoms with E-state index in [1.807, 2.05) is 24.3 Å². The van der Waals surface area contributed by atoms with Crippen molar-refractivity contribution in [1.82, 2.24) is 0 Å². The van der Waals surface area contributed by atoms with E-state index in [4.69, 9.17) is 4.74 Å². The Hall–Kier alpha value is -2.02. The van der Waals surface area contributed by atoms with E-state index in [1.165, 1.54) is 16.7 Å². The predicted octanol–water partition coefficient (Wildman–Crippen LogP) is 3.83. The summed E-state index contributed by atoms with van der Waals surface area (Å²) >= 11 is 0. The minimum absolute atomic E-state index is 0.632. The Kier molecular flexibility index (Phi) is 2.66. The second-order valence-corrected chi connectivity index (χ2v) is 4.24. The average molecular weight is 222 g/mol. The molecule has 1 nitrogen and oxygen atoms in total. The van der Waals surface area contributed by atoms with Gasteiger partial charge in [0.05, 0.1) is 0 Å². The summed E-state index contributed by atoms with van der Waals surface area (Å²) in [5, 5.41) is 0. The minimum Gasteiger partial charge on any atom is -0.489 e. The monoisotopic (exact) mass is 222 g/mol. The van der Waals surface area contributed by atoms with Crippen LogP contribution < -0.4 is 4.74 Å². The highest BCUT2D eigenvalue weighted by Crippen LogP contribution is 2.24. The Morgan fingerprint density at radius 3 is 2.76 bits per heavy atom. The van der Waals surface area contributed by atoms with Gasteiger partial charge in [-0.05, 0) is 35.2 Å². The molecule has 17 heavy (non-hydrogen) atoms. The molecule has 0 bridgehead atoms. The van der Waals surface area contributed by atoms with E-state index in [1.54, 1.807) is 0 Å². The van der Waals surface area contributed by atoms with Crippen LogP contribution in [-0.4, -0.2) is 0 Å². The molecular formula is C16H14O. The van der Waals surface area contributed by atoms with Crippen LogP contribution in [0.5, 0.6) is 5.75 Å². The summed E-state index contributed by atoms with van der Waals surface area (Å²) in [5.74, 6) is 0.955. The molecule has 2 aromatic carbocycles. The van der Waals surface area contributed by atoms with Crippen molar-refractivity contribution in [3.63, 3.8) is 0 Å². The van der Waals surface area contributed by atoms with E-state index in [-0.39, 0.29) is 0 Å². The van der Waals surface area contributed by atoms with E-state index < -0.39 is 0 Å². The van der Waals surface area contributed by atoms with E-state index >= 15 is 0 Å². The molecule has 0 saturated carbocycles. The van der Waals surface area contributed by atoms with E-state index in [2.05, 4.69) is 36.4 Å². The van der Waals surface area contributed by atoms with Gasteiger partial charge in [-0.2, -0.15) is 0 Å². The van der Waals surface area contributed by atoms with Gasteiger partial charge in [0.25, 0.3) is 0 Å². The Labute approximate surface area is 101 Å². The molecule has 0 atom stereocenters. The Morgan fingerprint density at radius 2 is 1.88 bits per heavy atom. The number of benzene rings is 2. The Balaban J connectivity index is 1.70. The van der Waals surface area contributed by atoms with Crippen LogP contribution in [0.3, 0.4) is 0 Å². The molecule has 0 saturated heterocycles. The van der Waals surface area contributed by atoms with Gasteiger partial charge in [-0.1, -0.05) is 48.6 Å². The summed E-state index contributed by atoms with van der Waals surface area (Å²) in [7, 11) is 0. The van der Waals surface area contributed by atoms with Crippen molar-refractivity contribution < 1.29 is 4.74 Å². The molecular weight excluding hydrogens is 208 g/mol. The number of rotatable bonds is 3. The first-order chi connectivity index (χ1) is 8.42. The van der Waals surface area contributed by atoms with E-state index in [9.17, 15) is 0 Å². The molecule has 1 aliphatic carbocycles. The summed E-state index contributed by atoms with van der Waals surface area (Å²) < 4.78 is 5.79. The third-order valence-corrected chi connectivity index (χ3v) is 3.00. The van der Waals surface area contributed by atoms with Crippen molar-refractivity contribution in [3.05, 3.63) is 71.3 Å². The highest BCUT2D eigenvalue weighted by molar-refractivity contribution is 5.61. The average Bonchev–Trinajstić information content (AvgIpc) is 2.85. The van der Waals surface area contributed by atoms with Crippen molar-refractivity contribution in [1.29, 1.82) is 0 Å². The number of ether oxygens (including phenoxy) is 1. The van der Waals surface area contributed by atoms with Gasteiger partial charge >= 0.3 is 0 Å². The predicted molar refractivity (Wildman–Crippen MR) is 70.0 cm³/mol. The van der Waals surface area contributed by atoms with Crippen molar-refractivity contribution in [2.45, 2.75) is 13.0 Å². The molecule has 0 radical (unpaired) electrons. The molecule has 0 aliphatic heterocycles. The number of hydrogen-bond donors (Lipinski definition) is 0. The van der Waals surface area contributed by atoms with Crippen LogP contribution in [0.2, 0.25) is 0 Å². The molecule has 1 heteroatoms. The molecule has 0 aromatic heterocycles. The maximum Gasteiger partial charge on any atom is 0.120 e. The zero-order valence-electron chi connectivity index (χ0n) is 9.60. The van der Waals surface area contributed by atoms with Crippen LogP contribution in [0.4, 0.5) is 0 Å². The SMILES string of the molecule is C1=Cc2ccc(OCc3ccccc3)cc2C1. The fraction of sp³-hybridized carbons (Fsp3) is 0.125. The summed E-state index contributed by atoms with van der Waals surface area (Å²) in [4.78, 5) is 0. The normalized spacial score (nSPS) is 12.5. The quantitative estimate of drug-likeness (QED) is 0.766. The molecule has 3 rings (SSSR count). The van der Waals surface area contributed by atoms with E-state index in [0.29, 0.717) is 6.61 Å². The maximum absolute atomic E-state index is 5.79. The van der Waals surface area contributed by atoms with Crippen LogP contribution in [0.25, 0.3) is 6.08 Å². The molecule has 84 valence electrons. The van der Waals surface area contributed by atoms with E-state index in [0.717, 1.165) is 12.2 Å². The summed E-state index contributed by atoms with van der Waals surface area (Å²) in [6.07, 6.45) is 5.37. The third kappa shape index (κ3) is 2.23. The summed E-state index contributed by atoms with van der Waals surface area (Å²) in [6.45, 7) is 0.632. The first kappa shape index (κ1) is 10.2. The molecule has 0 heterocycles. The van der Waals surface area contributed by atoms with Crippen LogP contribution in [0.1, 0.15) is 16.7 Å². The second-order valence-electron chi connectivity index (χ2n) is 4.24. The van der Waals surface area contributed by atoms with Crippen molar-refractivity contribution in [2.24, 2.45) is 0 Å². The highest BCUT2D eigenvalue weighted by atomic mass is 16.5. The first-order valence-electron chi connectivity index (χ1n) is 5.88. The molecule has 0 fully saturated rings. The van der Waals surface area contributed by atoms with Crippen LogP contribution >= 0.6 is 0 Å². The van der Waals surface area contributed by atoms with Gasteiger partial charge in [0.15, 0.2) is 0 Å². The molecule has 0 N–H and O–H groups in total. The lowest BCUT2D eigenvalue weighted by Crippen LogP contribution is -1.95. The summed E-state index contributed by atoms with van der Waals surface area (Å²) in [5.41, 5.74) is 3.87. The highest BCUT2D eigenvalue weighted by Gasteiger charge is 2.05. The molecule has 0 amide bonds. The van der Waals surface area contributed by atoms with Crippen LogP contribution in [0, 0.1) is 0 Å². The van der Waals surface area contributed by atoms with Gasteiger partial charge in [-0.3, -0.25) is 0 Å². The van der Waals surface area contributed by atoms with Gasteiger partial charge in [0, 0.05) is 0 Å². The lowest BCUT2D eigenvalue weighted by molar-refractivity contribution is 0.306. The zero-order chi connectivity index (χ0) is 11.5. The van der Waals surface area contributed by atoms with Gasteiger partial charge in [0.1, 0.15) is 12.4 Å². The lowest BCUT2D eigenvalue weighted by atomic mass is 10.1. The van der Waals surface area contributed by atoms with Crippen molar-refractivity contribution >= 4 is 6.08 Å². The largest absolute Gasteiger partial charge is 0.489 e. The number of fused-ring (bicyclic) bond motifs is 1. The molecule has 0 unspecified atom stereocenters. The van der Waals surface area contributed by atoms with Gasteiger partial charge < -0.3 is 4.74 Å². The fourth-order valence-electron chi connectivity index (χ4n) is 2.07. The van der Waals surface area contributed by atoms with Gasteiger partial charge in [-0.15, -0.1) is 0 Å². The minimum atomic E-state index is 0.632. The van der Waals surface area contributed by atoms with Crippen molar-refractivity contribution in [2.75, 3.05) is 0 Å². The van der Waals surface area contributed by atoms with Crippen LogP contribution in [-0.2, 0) is 13.0 Å². The topological polar surface area (TPSA) is 9.23 Å². The first-order valence-corrected chi connectivity index (χ1v) is 5.88. The smallest absolute Gasteiger partial charge is 0.120 e. The third-order valence-electron chi connectivity index (χ3n) is 3.00. The van der Waals surface area contributed by atoms with Crippen LogP contribution in [0.15, 0.2) is 54.6 Å². The second kappa shape index (κ2) is 4.46. The molecule has 2 aromatic rings.